The molecule has 0 amide bonds. The summed E-state index contributed by atoms with van der Waals surface area (Å²) in [6, 6.07) is 0. The molecule has 14 heavy (non-hydrogen) atoms. The Morgan fingerprint density at radius 1 is 1.71 bits per heavy atom. The van der Waals surface area contributed by atoms with Gasteiger partial charge in [-0.15, -0.1) is 0 Å². The molecule has 0 radical (unpaired) electrons. The van der Waals surface area contributed by atoms with Gasteiger partial charge in [-0.1, -0.05) is 0 Å². The zero-order valence-corrected chi connectivity index (χ0v) is 8.36. The largest absolute Gasteiger partial charge is 0.319 e. The lowest BCUT2D eigenvalue weighted by atomic mass is 9.73. The van der Waals surface area contributed by atoms with Gasteiger partial charge in [0.15, 0.2) is 5.78 Å². The molecule has 4 nitrogen and oxygen atoms in total. The second-order valence-corrected chi connectivity index (χ2v) is 3.92. The van der Waals surface area contributed by atoms with E-state index in [1.807, 2.05) is 6.92 Å². The van der Waals surface area contributed by atoms with E-state index < -0.39 is 5.54 Å². The SMILES string of the molecule is CCn1cc(C(=O)C2(N)CCC2)cn1. The van der Waals surface area contributed by atoms with Crippen LogP contribution in [0.4, 0.5) is 0 Å². The quantitative estimate of drug-likeness (QED) is 0.727. The van der Waals surface area contributed by atoms with E-state index in [0.717, 1.165) is 25.8 Å². The van der Waals surface area contributed by atoms with Gasteiger partial charge in [-0.25, -0.2) is 0 Å². The molecule has 0 bridgehead atoms. The highest BCUT2D eigenvalue weighted by molar-refractivity contribution is 6.03. The third kappa shape index (κ3) is 1.35. The van der Waals surface area contributed by atoms with E-state index in [1.54, 1.807) is 17.1 Å². The highest BCUT2D eigenvalue weighted by atomic mass is 16.1. The first-order valence-electron chi connectivity index (χ1n) is 5.02. The molecular formula is C10H15N3O. The van der Waals surface area contributed by atoms with Crippen LogP contribution in [0.5, 0.6) is 0 Å². The molecule has 0 unspecified atom stereocenters. The van der Waals surface area contributed by atoms with E-state index in [9.17, 15) is 4.79 Å². The van der Waals surface area contributed by atoms with Crippen molar-refractivity contribution in [2.75, 3.05) is 0 Å². The van der Waals surface area contributed by atoms with Crippen LogP contribution in [0, 0.1) is 0 Å². The Morgan fingerprint density at radius 3 is 2.86 bits per heavy atom. The molecule has 0 aromatic carbocycles. The van der Waals surface area contributed by atoms with Crippen molar-refractivity contribution in [3.05, 3.63) is 18.0 Å². The van der Waals surface area contributed by atoms with Crippen molar-refractivity contribution in [3.8, 4) is 0 Å². The van der Waals surface area contributed by atoms with E-state index >= 15 is 0 Å². The standard InChI is InChI=1S/C10H15N3O/c1-2-13-7-8(6-12-13)9(14)10(11)4-3-5-10/h6-7H,2-5,11H2,1H3. The summed E-state index contributed by atoms with van der Waals surface area (Å²) in [5, 5.41) is 4.07. The van der Waals surface area contributed by atoms with Crippen LogP contribution in [-0.2, 0) is 6.54 Å². The van der Waals surface area contributed by atoms with Gasteiger partial charge < -0.3 is 5.73 Å². The second kappa shape index (κ2) is 3.20. The van der Waals surface area contributed by atoms with Crippen LogP contribution in [0.15, 0.2) is 12.4 Å². The number of nitrogens with zero attached hydrogens (tertiary/aromatic N) is 2. The number of ketones is 1. The van der Waals surface area contributed by atoms with Gasteiger partial charge in [-0.2, -0.15) is 5.10 Å². The predicted molar refractivity (Wildman–Crippen MR) is 53.0 cm³/mol. The summed E-state index contributed by atoms with van der Waals surface area (Å²) >= 11 is 0. The molecule has 2 N–H and O–H groups in total. The Bertz CT molecular complexity index is 352. The lowest BCUT2D eigenvalue weighted by Crippen LogP contribution is -2.53. The van der Waals surface area contributed by atoms with Crippen molar-refractivity contribution in [1.29, 1.82) is 0 Å². The first kappa shape index (κ1) is 9.40. The molecule has 0 atom stereocenters. The van der Waals surface area contributed by atoms with Crippen molar-refractivity contribution >= 4 is 5.78 Å². The first-order valence-corrected chi connectivity index (χ1v) is 5.02. The summed E-state index contributed by atoms with van der Waals surface area (Å²) in [7, 11) is 0. The fourth-order valence-corrected chi connectivity index (χ4v) is 1.73. The van der Waals surface area contributed by atoms with Crippen molar-refractivity contribution < 1.29 is 4.79 Å². The Morgan fingerprint density at radius 2 is 2.43 bits per heavy atom. The van der Waals surface area contributed by atoms with Crippen LogP contribution in [-0.4, -0.2) is 21.1 Å². The maximum Gasteiger partial charge on any atom is 0.185 e. The minimum absolute atomic E-state index is 0.0449. The molecule has 0 aliphatic heterocycles. The number of hydrogen-bond donors (Lipinski definition) is 1. The average Bonchev–Trinajstić information content (AvgIpc) is 2.61. The molecule has 0 spiro atoms. The van der Waals surface area contributed by atoms with Gasteiger partial charge in [0.05, 0.1) is 17.3 Å². The van der Waals surface area contributed by atoms with E-state index in [2.05, 4.69) is 5.10 Å². The summed E-state index contributed by atoms with van der Waals surface area (Å²) in [6.45, 7) is 2.77. The molecule has 1 aromatic rings. The maximum absolute atomic E-state index is 11.9. The van der Waals surface area contributed by atoms with Gasteiger partial charge >= 0.3 is 0 Å². The third-order valence-electron chi connectivity index (χ3n) is 2.92. The van der Waals surface area contributed by atoms with Crippen LogP contribution in [0.25, 0.3) is 0 Å². The fourth-order valence-electron chi connectivity index (χ4n) is 1.73. The van der Waals surface area contributed by atoms with Crippen molar-refractivity contribution in [2.45, 2.75) is 38.3 Å². The third-order valence-corrected chi connectivity index (χ3v) is 2.92. The molecule has 1 saturated carbocycles. The Hall–Kier alpha value is -1.16. The van der Waals surface area contributed by atoms with Crippen LogP contribution < -0.4 is 5.73 Å². The number of carbonyl (C=O) groups excluding carboxylic acids is 1. The summed E-state index contributed by atoms with van der Waals surface area (Å²) in [6.07, 6.45) is 6.06. The first-order chi connectivity index (χ1) is 6.65. The van der Waals surface area contributed by atoms with Crippen molar-refractivity contribution in [3.63, 3.8) is 0 Å². The minimum Gasteiger partial charge on any atom is -0.319 e. The molecule has 2 rings (SSSR count). The average molecular weight is 193 g/mol. The monoisotopic (exact) mass is 193 g/mol. The van der Waals surface area contributed by atoms with Gasteiger partial charge in [0.1, 0.15) is 0 Å². The van der Waals surface area contributed by atoms with E-state index in [4.69, 9.17) is 5.73 Å². The van der Waals surface area contributed by atoms with E-state index in [0.29, 0.717) is 5.56 Å². The normalized spacial score (nSPS) is 19.0. The van der Waals surface area contributed by atoms with E-state index in [1.165, 1.54) is 0 Å². The molecular weight excluding hydrogens is 178 g/mol. The molecule has 1 heterocycles. The lowest BCUT2D eigenvalue weighted by Gasteiger charge is -2.35. The molecule has 76 valence electrons. The summed E-state index contributed by atoms with van der Waals surface area (Å²) in [5.41, 5.74) is 5.99. The topological polar surface area (TPSA) is 60.9 Å². The molecule has 4 heteroatoms. The van der Waals surface area contributed by atoms with Gasteiger partial charge in [0.2, 0.25) is 0 Å². The van der Waals surface area contributed by atoms with Gasteiger partial charge in [0.25, 0.3) is 0 Å². The molecule has 1 aliphatic carbocycles. The number of rotatable bonds is 3. The Labute approximate surface area is 83.1 Å². The lowest BCUT2D eigenvalue weighted by molar-refractivity contribution is 0.0800. The highest BCUT2D eigenvalue weighted by Gasteiger charge is 2.40. The predicted octanol–water partition coefficient (Wildman–Crippen LogP) is 0.967. The van der Waals surface area contributed by atoms with Crippen LogP contribution in [0.2, 0.25) is 0 Å². The summed E-state index contributed by atoms with van der Waals surface area (Å²) < 4.78 is 1.75. The minimum atomic E-state index is -0.596. The number of Topliss-reactive ketones (excluding diaryl/α,β-unsaturated/α-hetero) is 1. The summed E-state index contributed by atoms with van der Waals surface area (Å²) in [5.74, 6) is 0.0449. The molecule has 1 aromatic heterocycles. The molecule has 1 fully saturated rings. The number of aryl methyl sites for hydroxylation is 1. The zero-order chi connectivity index (χ0) is 10.2. The fraction of sp³-hybridized carbons (Fsp3) is 0.600. The molecule has 1 aliphatic rings. The van der Waals surface area contributed by atoms with Crippen LogP contribution in [0.1, 0.15) is 36.5 Å². The number of hydrogen-bond acceptors (Lipinski definition) is 3. The van der Waals surface area contributed by atoms with E-state index in [-0.39, 0.29) is 5.78 Å². The number of nitrogens with two attached hydrogens (primary N) is 1. The zero-order valence-electron chi connectivity index (χ0n) is 8.36. The van der Waals surface area contributed by atoms with Crippen LogP contribution in [0.3, 0.4) is 0 Å². The van der Waals surface area contributed by atoms with Gasteiger partial charge in [-0.05, 0) is 26.2 Å². The number of aromatic nitrogens is 2. The van der Waals surface area contributed by atoms with Crippen molar-refractivity contribution in [2.24, 2.45) is 5.73 Å². The smallest absolute Gasteiger partial charge is 0.185 e. The second-order valence-electron chi connectivity index (χ2n) is 3.92. The van der Waals surface area contributed by atoms with Gasteiger partial charge in [-0.3, -0.25) is 9.48 Å². The number of carbonyl (C=O) groups is 1. The Balaban J connectivity index is 2.18. The highest BCUT2D eigenvalue weighted by Crippen LogP contribution is 2.32. The van der Waals surface area contributed by atoms with Gasteiger partial charge in [0, 0.05) is 12.7 Å². The maximum atomic E-state index is 11.9. The van der Waals surface area contributed by atoms with Crippen molar-refractivity contribution in [1.82, 2.24) is 9.78 Å². The Kier molecular flexibility index (Phi) is 2.15. The summed E-state index contributed by atoms with van der Waals surface area (Å²) in [4.78, 5) is 11.9. The molecule has 0 saturated heterocycles. The van der Waals surface area contributed by atoms with Crippen LogP contribution >= 0.6 is 0 Å².